The fourth-order valence-corrected chi connectivity index (χ4v) is 3.55. The fraction of sp³-hybridized carbons (Fsp3) is 0.750. The monoisotopic (exact) mass is 377 g/mol. The molecule has 2 N–H and O–H groups in total. The van der Waals surface area contributed by atoms with E-state index in [-0.39, 0.29) is 12.1 Å². The average Bonchev–Trinajstić information content (AvgIpc) is 3.05. The number of halogens is 3. The number of aliphatic imine (C=N–C) groups is 1. The molecule has 0 aromatic carbocycles. The maximum atomic E-state index is 12.6. The minimum atomic E-state index is -4.40. The first-order chi connectivity index (χ1) is 11.7. The predicted molar refractivity (Wildman–Crippen MR) is 94.8 cm³/mol. The first-order valence-corrected chi connectivity index (χ1v) is 9.31. The molecule has 2 heterocycles. The lowest BCUT2D eigenvalue weighted by atomic mass is 9.98. The van der Waals surface area contributed by atoms with Gasteiger partial charge in [0.25, 0.3) is 0 Å². The molecule has 0 radical (unpaired) electrons. The van der Waals surface area contributed by atoms with Crippen LogP contribution >= 0.6 is 11.3 Å². The third kappa shape index (κ3) is 5.85. The Hall–Kier alpha value is -1.35. The van der Waals surface area contributed by atoms with Gasteiger partial charge in [0, 0.05) is 24.5 Å². The lowest BCUT2D eigenvalue weighted by molar-refractivity contribution is -0.140. The van der Waals surface area contributed by atoms with E-state index in [0.29, 0.717) is 17.5 Å². The van der Waals surface area contributed by atoms with Crippen LogP contribution in [0.5, 0.6) is 0 Å². The third-order valence-corrected chi connectivity index (χ3v) is 5.22. The molecule has 142 valence electrons. The predicted octanol–water partition coefficient (Wildman–Crippen LogP) is 3.09. The molecule has 0 saturated carbocycles. The van der Waals surface area contributed by atoms with Gasteiger partial charge in [0.2, 0.25) is 0 Å². The number of guanidine groups is 1. The van der Waals surface area contributed by atoms with E-state index < -0.39 is 11.9 Å². The largest absolute Gasteiger partial charge is 0.434 e. The Bertz CT molecular complexity index is 577. The number of hydrogen-bond donors (Lipinski definition) is 2. The molecular formula is C16H26F3N5S. The normalized spacial score (nSPS) is 17.6. The number of nitrogens with one attached hydrogen (secondary N) is 2. The Kier molecular flexibility index (Phi) is 6.67. The van der Waals surface area contributed by atoms with Gasteiger partial charge < -0.3 is 10.6 Å². The van der Waals surface area contributed by atoms with Crippen molar-refractivity contribution in [3.05, 3.63) is 16.1 Å². The maximum Gasteiger partial charge on any atom is 0.434 e. The summed E-state index contributed by atoms with van der Waals surface area (Å²) in [6, 6.07) is 0. The summed E-state index contributed by atoms with van der Waals surface area (Å²) >= 11 is 0.991. The average molecular weight is 377 g/mol. The summed E-state index contributed by atoms with van der Waals surface area (Å²) in [5.41, 5.74) is -0.855. The van der Waals surface area contributed by atoms with E-state index in [9.17, 15) is 13.2 Å². The fourth-order valence-electron chi connectivity index (χ4n) is 2.81. The van der Waals surface area contributed by atoms with Gasteiger partial charge in [0.05, 0.1) is 6.54 Å². The number of hydrogen-bond acceptors (Lipinski definition) is 4. The van der Waals surface area contributed by atoms with Crippen molar-refractivity contribution in [2.24, 2.45) is 4.99 Å². The summed E-state index contributed by atoms with van der Waals surface area (Å²) in [7, 11) is 1.65. The molecule has 2 rings (SSSR count). The molecule has 1 aliphatic rings. The van der Waals surface area contributed by atoms with E-state index in [1.165, 1.54) is 19.3 Å². The van der Waals surface area contributed by atoms with Gasteiger partial charge in [-0.2, -0.15) is 13.2 Å². The van der Waals surface area contributed by atoms with Gasteiger partial charge in [-0.3, -0.25) is 9.89 Å². The lowest BCUT2D eigenvalue weighted by Crippen LogP contribution is -2.54. The van der Waals surface area contributed by atoms with Crippen LogP contribution in [-0.4, -0.2) is 48.1 Å². The number of thiazole rings is 1. The van der Waals surface area contributed by atoms with Gasteiger partial charge in [-0.25, -0.2) is 4.98 Å². The molecule has 1 aliphatic heterocycles. The van der Waals surface area contributed by atoms with Crippen molar-refractivity contribution in [1.82, 2.24) is 20.5 Å². The second-order valence-electron chi connectivity index (χ2n) is 6.76. The smallest absolute Gasteiger partial charge is 0.355 e. The highest BCUT2D eigenvalue weighted by atomic mass is 32.1. The minimum Gasteiger partial charge on any atom is -0.355 e. The quantitative estimate of drug-likeness (QED) is 0.612. The second kappa shape index (κ2) is 8.35. The first-order valence-electron chi connectivity index (χ1n) is 8.43. The van der Waals surface area contributed by atoms with Crippen LogP contribution in [0.4, 0.5) is 13.2 Å². The molecule has 0 bridgehead atoms. The van der Waals surface area contributed by atoms with Crippen LogP contribution < -0.4 is 10.6 Å². The maximum absolute atomic E-state index is 12.6. The van der Waals surface area contributed by atoms with Crippen molar-refractivity contribution in [3.63, 3.8) is 0 Å². The van der Waals surface area contributed by atoms with Gasteiger partial charge in [0.1, 0.15) is 5.01 Å². The van der Waals surface area contributed by atoms with E-state index in [1.807, 2.05) is 0 Å². The van der Waals surface area contributed by atoms with E-state index in [2.05, 4.69) is 39.4 Å². The molecule has 0 spiro atoms. The zero-order valence-corrected chi connectivity index (χ0v) is 15.7. The molecule has 0 unspecified atom stereocenters. The number of nitrogens with zero attached hydrogens (tertiary/aromatic N) is 3. The highest BCUT2D eigenvalue weighted by Gasteiger charge is 2.33. The summed E-state index contributed by atoms with van der Waals surface area (Å²) in [5.74, 6) is 0.564. The Labute approximate surface area is 150 Å². The summed E-state index contributed by atoms with van der Waals surface area (Å²) in [6.07, 6.45) is -0.659. The highest BCUT2D eigenvalue weighted by molar-refractivity contribution is 7.09. The van der Waals surface area contributed by atoms with Gasteiger partial charge in [-0.05, 0) is 39.8 Å². The SMILES string of the molecule is CN=C(NCc1nc(C(F)(F)F)cs1)NCC(C)(C)N1CCCCC1. The number of piperidine rings is 1. The molecule has 1 aromatic heterocycles. The number of aromatic nitrogens is 1. The second-order valence-corrected chi connectivity index (χ2v) is 7.71. The summed E-state index contributed by atoms with van der Waals surface area (Å²) < 4.78 is 37.7. The molecule has 0 aliphatic carbocycles. The van der Waals surface area contributed by atoms with E-state index >= 15 is 0 Å². The topological polar surface area (TPSA) is 52.6 Å². The van der Waals surface area contributed by atoms with Crippen LogP contribution in [0.15, 0.2) is 10.4 Å². The molecule has 1 aromatic rings. The molecule has 9 heteroatoms. The molecule has 25 heavy (non-hydrogen) atoms. The number of likely N-dealkylation sites (tertiary alicyclic amines) is 1. The van der Waals surface area contributed by atoms with Gasteiger partial charge in [-0.1, -0.05) is 6.42 Å². The number of alkyl halides is 3. The van der Waals surface area contributed by atoms with E-state index in [4.69, 9.17) is 0 Å². The minimum absolute atomic E-state index is 0.0112. The van der Waals surface area contributed by atoms with Gasteiger partial charge in [0.15, 0.2) is 11.7 Å². The standard InChI is InChI=1S/C16H26F3N5S/c1-15(2,24-7-5-4-6-8-24)11-22-14(20-3)21-9-13-23-12(10-25-13)16(17,18)19/h10H,4-9,11H2,1-3H3,(H2,20,21,22). The van der Waals surface area contributed by atoms with Crippen LogP contribution in [0.3, 0.4) is 0 Å². The molecule has 0 atom stereocenters. The van der Waals surface area contributed by atoms with Crippen LogP contribution in [0, 0.1) is 0 Å². The van der Waals surface area contributed by atoms with Crippen LogP contribution in [-0.2, 0) is 12.7 Å². The van der Waals surface area contributed by atoms with E-state index in [1.54, 1.807) is 7.05 Å². The molecular weight excluding hydrogens is 351 g/mol. The van der Waals surface area contributed by atoms with Crippen LogP contribution in [0.2, 0.25) is 0 Å². The lowest BCUT2D eigenvalue weighted by Gasteiger charge is -2.41. The Morgan fingerprint density at radius 1 is 1.24 bits per heavy atom. The molecule has 1 fully saturated rings. The molecule has 5 nitrogen and oxygen atoms in total. The van der Waals surface area contributed by atoms with Crippen molar-refractivity contribution in [1.29, 1.82) is 0 Å². The van der Waals surface area contributed by atoms with Crippen molar-refractivity contribution < 1.29 is 13.2 Å². The first kappa shape index (κ1) is 20.0. The molecule has 0 amide bonds. The summed E-state index contributed by atoms with van der Waals surface area (Å²) in [6.45, 7) is 7.49. The van der Waals surface area contributed by atoms with Gasteiger partial charge >= 0.3 is 6.18 Å². The Balaban J connectivity index is 1.83. The zero-order chi connectivity index (χ0) is 18.5. The van der Waals surface area contributed by atoms with Crippen molar-refractivity contribution in [3.8, 4) is 0 Å². The highest BCUT2D eigenvalue weighted by Crippen LogP contribution is 2.29. The summed E-state index contributed by atoms with van der Waals surface area (Å²) in [4.78, 5) is 10.2. The third-order valence-electron chi connectivity index (χ3n) is 4.37. The van der Waals surface area contributed by atoms with Gasteiger partial charge in [-0.15, -0.1) is 11.3 Å². The van der Waals surface area contributed by atoms with Crippen molar-refractivity contribution in [2.75, 3.05) is 26.7 Å². The Morgan fingerprint density at radius 2 is 1.92 bits per heavy atom. The van der Waals surface area contributed by atoms with Crippen LogP contribution in [0.25, 0.3) is 0 Å². The zero-order valence-electron chi connectivity index (χ0n) is 14.9. The van der Waals surface area contributed by atoms with Crippen molar-refractivity contribution in [2.45, 2.75) is 51.4 Å². The summed E-state index contributed by atoms with van der Waals surface area (Å²) in [5, 5.41) is 7.71. The van der Waals surface area contributed by atoms with E-state index in [0.717, 1.165) is 29.8 Å². The Morgan fingerprint density at radius 3 is 2.48 bits per heavy atom. The van der Waals surface area contributed by atoms with Crippen LogP contribution in [0.1, 0.15) is 43.8 Å². The molecule has 1 saturated heterocycles. The van der Waals surface area contributed by atoms with Crippen molar-refractivity contribution >= 4 is 17.3 Å². The number of rotatable bonds is 5.